The molecule has 3 aromatic rings. The number of fused-ring (bicyclic) bond motifs is 1. The van der Waals surface area contributed by atoms with Gasteiger partial charge in [0.1, 0.15) is 5.15 Å². The lowest BCUT2D eigenvalue weighted by molar-refractivity contribution is 0.510. The van der Waals surface area contributed by atoms with Crippen LogP contribution in [0.25, 0.3) is 22.3 Å². The van der Waals surface area contributed by atoms with Gasteiger partial charge in [-0.3, -0.25) is 0 Å². The molecule has 0 saturated heterocycles. The average Bonchev–Trinajstić information content (AvgIpc) is 2.42. The molecule has 0 aliphatic carbocycles. The number of benzene rings is 2. The first kappa shape index (κ1) is 13.2. The monoisotopic (exact) mass is 310 g/mol. The van der Waals surface area contributed by atoms with E-state index in [1.54, 1.807) is 24.3 Å². The van der Waals surface area contributed by atoms with E-state index in [2.05, 4.69) is 9.97 Å². The molecule has 2 aromatic carbocycles. The van der Waals surface area contributed by atoms with Crippen LogP contribution in [-0.4, -0.2) is 9.97 Å². The number of nitrogens with zero attached hydrogens (tertiary/aromatic N) is 2. The van der Waals surface area contributed by atoms with E-state index in [9.17, 15) is 8.78 Å². The van der Waals surface area contributed by atoms with Gasteiger partial charge in [-0.05, 0) is 30.3 Å². The Bertz CT molecular complexity index is 804. The molecule has 0 fully saturated rings. The van der Waals surface area contributed by atoms with Crippen molar-refractivity contribution >= 4 is 34.1 Å². The summed E-state index contributed by atoms with van der Waals surface area (Å²) in [5.74, 6) is -1.64. The molecule has 0 aliphatic heterocycles. The van der Waals surface area contributed by atoms with Crippen LogP contribution in [0.2, 0.25) is 10.2 Å². The quantitative estimate of drug-likeness (QED) is 0.598. The molecular weight excluding hydrogens is 305 g/mol. The molecule has 0 bridgehead atoms. The Morgan fingerprint density at radius 1 is 0.850 bits per heavy atom. The zero-order chi connectivity index (χ0) is 14.3. The summed E-state index contributed by atoms with van der Waals surface area (Å²) < 4.78 is 26.5. The number of hydrogen-bond donors (Lipinski definition) is 0. The maximum atomic E-state index is 13.3. The average molecular weight is 311 g/mol. The molecule has 0 unspecified atom stereocenters. The van der Waals surface area contributed by atoms with E-state index in [1.165, 1.54) is 0 Å². The van der Waals surface area contributed by atoms with E-state index in [0.717, 1.165) is 12.1 Å². The highest BCUT2D eigenvalue weighted by Gasteiger charge is 2.12. The van der Waals surface area contributed by atoms with E-state index >= 15 is 0 Å². The summed E-state index contributed by atoms with van der Waals surface area (Å²) in [6.45, 7) is 0. The van der Waals surface area contributed by atoms with Crippen LogP contribution >= 0.6 is 23.2 Å². The van der Waals surface area contributed by atoms with Crippen LogP contribution in [0.15, 0.2) is 36.4 Å². The molecule has 100 valence electrons. The number of aromatic nitrogens is 2. The molecule has 3 rings (SSSR count). The fraction of sp³-hybridized carbons (Fsp3) is 0. The number of hydrogen-bond acceptors (Lipinski definition) is 2. The maximum absolute atomic E-state index is 13.3. The fourth-order valence-electron chi connectivity index (χ4n) is 1.81. The maximum Gasteiger partial charge on any atom is 0.161 e. The van der Waals surface area contributed by atoms with Crippen LogP contribution in [0.5, 0.6) is 0 Å². The molecule has 0 N–H and O–H groups in total. The molecule has 0 saturated carbocycles. The molecule has 0 aliphatic rings. The number of halogens is 4. The van der Waals surface area contributed by atoms with Crippen molar-refractivity contribution < 1.29 is 8.78 Å². The Balaban J connectivity index is 2.23. The number of rotatable bonds is 1. The van der Waals surface area contributed by atoms with Gasteiger partial charge in [-0.25, -0.2) is 18.7 Å². The van der Waals surface area contributed by atoms with Gasteiger partial charge in [0.2, 0.25) is 0 Å². The van der Waals surface area contributed by atoms with Crippen LogP contribution in [0.3, 0.4) is 0 Å². The largest absolute Gasteiger partial charge is 0.228 e. The second kappa shape index (κ2) is 4.96. The lowest BCUT2D eigenvalue weighted by Gasteiger charge is -2.05. The first-order valence-corrected chi connectivity index (χ1v) is 6.38. The third-order valence-electron chi connectivity index (χ3n) is 2.79. The summed E-state index contributed by atoms with van der Waals surface area (Å²) in [5.41, 5.74) is 0.928. The van der Waals surface area contributed by atoms with E-state index in [4.69, 9.17) is 23.2 Å². The van der Waals surface area contributed by atoms with Gasteiger partial charge in [-0.1, -0.05) is 23.2 Å². The van der Waals surface area contributed by atoms with Gasteiger partial charge in [-0.2, -0.15) is 0 Å². The normalized spacial score (nSPS) is 11.0. The predicted octanol–water partition coefficient (Wildman–Crippen LogP) is 4.88. The molecule has 2 nitrogen and oxygen atoms in total. The molecule has 1 heterocycles. The SMILES string of the molecule is Fc1cc2nc(-c3ccc(Cl)cc3)nc(Cl)c2cc1F. The molecular formula is C14H6Cl2F2N2. The molecule has 1 aromatic heterocycles. The Morgan fingerprint density at radius 2 is 1.50 bits per heavy atom. The third-order valence-corrected chi connectivity index (χ3v) is 3.33. The summed E-state index contributed by atoms with van der Waals surface area (Å²) in [7, 11) is 0. The van der Waals surface area contributed by atoms with Gasteiger partial charge in [0.25, 0.3) is 0 Å². The highest BCUT2D eigenvalue weighted by atomic mass is 35.5. The van der Waals surface area contributed by atoms with Gasteiger partial charge in [0, 0.05) is 22.0 Å². The van der Waals surface area contributed by atoms with Crippen molar-refractivity contribution in [1.82, 2.24) is 9.97 Å². The second-order valence-electron chi connectivity index (χ2n) is 4.13. The summed E-state index contributed by atoms with van der Waals surface area (Å²) in [5, 5.41) is 0.913. The van der Waals surface area contributed by atoms with Crippen LogP contribution in [0.1, 0.15) is 0 Å². The Labute approximate surface area is 123 Å². The van der Waals surface area contributed by atoms with Gasteiger partial charge in [-0.15, -0.1) is 0 Å². The van der Waals surface area contributed by atoms with Crippen molar-refractivity contribution in [1.29, 1.82) is 0 Å². The highest BCUT2D eigenvalue weighted by molar-refractivity contribution is 6.34. The van der Waals surface area contributed by atoms with Crippen LogP contribution < -0.4 is 0 Å². The minimum absolute atomic E-state index is 0.0684. The molecule has 20 heavy (non-hydrogen) atoms. The van der Waals surface area contributed by atoms with Crippen molar-refractivity contribution in [2.24, 2.45) is 0 Å². The van der Waals surface area contributed by atoms with Gasteiger partial charge in [0.05, 0.1) is 5.52 Å². The van der Waals surface area contributed by atoms with Crippen molar-refractivity contribution in [3.05, 3.63) is 58.2 Å². The third kappa shape index (κ3) is 2.32. The minimum Gasteiger partial charge on any atom is -0.228 e. The lowest BCUT2D eigenvalue weighted by Crippen LogP contribution is -1.94. The molecule has 6 heteroatoms. The Hall–Kier alpha value is -1.78. The summed E-state index contributed by atoms with van der Waals surface area (Å²) in [4.78, 5) is 8.29. The van der Waals surface area contributed by atoms with E-state index in [1.807, 2.05) is 0 Å². The Morgan fingerprint density at radius 3 is 2.20 bits per heavy atom. The smallest absolute Gasteiger partial charge is 0.161 e. The topological polar surface area (TPSA) is 25.8 Å². The van der Waals surface area contributed by atoms with Crippen molar-refractivity contribution in [2.75, 3.05) is 0 Å². The lowest BCUT2D eigenvalue weighted by atomic mass is 10.2. The van der Waals surface area contributed by atoms with E-state index < -0.39 is 11.6 Å². The molecule has 0 amide bonds. The first-order valence-electron chi connectivity index (χ1n) is 5.63. The standard InChI is InChI=1S/C14H6Cl2F2N2/c15-8-3-1-7(2-4-8)14-19-12-6-11(18)10(17)5-9(12)13(16)20-14/h1-6H. The summed E-state index contributed by atoms with van der Waals surface area (Å²) in [6.07, 6.45) is 0. The second-order valence-corrected chi connectivity index (χ2v) is 4.92. The molecule has 0 spiro atoms. The zero-order valence-corrected chi connectivity index (χ0v) is 11.4. The van der Waals surface area contributed by atoms with Crippen LogP contribution in [0, 0.1) is 11.6 Å². The molecule has 0 atom stereocenters. The van der Waals surface area contributed by atoms with Crippen molar-refractivity contribution in [3.8, 4) is 11.4 Å². The predicted molar refractivity (Wildman–Crippen MR) is 74.9 cm³/mol. The van der Waals surface area contributed by atoms with Gasteiger partial charge in [0.15, 0.2) is 17.5 Å². The van der Waals surface area contributed by atoms with Gasteiger partial charge >= 0.3 is 0 Å². The van der Waals surface area contributed by atoms with E-state index in [-0.39, 0.29) is 16.1 Å². The van der Waals surface area contributed by atoms with E-state index in [0.29, 0.717) is 16.4 Å². The Kier molecular flexibility index (Phi) is 3.28. The summed E-state index contributed by atoms with van der Waals surface area (Å²) >= 11 is 11.8. The highest BCUT2D eigenvalue weighted by Crippen LogP contribution is 2.27. The fourth-order valence-corrected chi connectivity index (χ4v) is 2.17. The van der Waals surface area contributed by atoms with Crippen LogP contribution in [0.4, 0.5) is 8.78 Å². The zero-order valence-electron chi connectivity index (χ0n) is 9.87. The van der Waals surface area contributed by atoms with Crippen LogP contribution in [-0.2, 0) is 0 Å². The summed E-state index contributed by atoms with van der Waals surface area (Å²) in [6, 6.07) is 8.79. The van der Waals surface area contributed by atoms with Gasteiger partial charge < -0.3 is 0 Å². The minimum atomic E-state index is -0.984. The first-order chi connectivity index (χ1) is 9.54. The molecule has 0 radical (unpaired) electrons. The van der Waals surface area contributed by atoms with Crippen molar-refractivity contribution in [2.45, 2.75) is 0 Å². The van der Waals surface area contributed by atoms with Crippen molar-refractivity contribution in [3.63, 3.8) is 0 Å².